The number of oxazole rings is 1. The third-order valence-corrected chi connectivity index (χ3v) is 4.85. The first-order valence-corrected chi connectivity index (χ1v) is 7.22. The van der Waals surface area contributed by atoms with Gasteiger partial charge in [0.1, 0.15) is 5.76 Å². The topological polar surface area (TPSA) is 87.4 Å². The molecule has 20 heavy (non-hydrogen) atoms. The molecule has 2 aliphatic rings. The number of amides is 2. The van der Waals surface area contributed by atoms with Crippen LogP contribution in [0.5, 0.6) is 0 Å². The van der Waals surface area contributed by atoms with E-state index in [-0.39, 0.29) is 30.6 Å². The molecule has 0 saturated heterocycles. The van der Waals surface area contributed by atoms with Crippen LogP contribution >= 0.6 is 0 Å². The average molecular weight is 279 g/mol. The Bertz CT molecular complexity index is 494. The number of anilines is 1. The Morgan fingerprint density at radius 2 is 2.15 bits per heavy atom. The van der Waals surface area contributed by atoms with Gasteiger partial charge in [0.25, 0.3) is 0 Å². The summed E-state index contributed by atoms with van der Waals surface area (Å²) >= 11 is 0. The maximum absolute atomic E-state index is 12.0. The molecule has 3 N–H and O–H groups in total. The van der Waals surface area contributed by atoms with Gasteiger partial charge in [-0.1, -0.05) is 6.42 Å². The Hall–Kier alpha value is -1.56. The fourth-order valence-corrected chi connectivity index (χ4v) is 3.71. The maximum Gasteiger partial charge on any atom is 0.323 e. The van der Waals surface area contributed by atoms with Gasteiger partial charge in [0.05, 0.1) is 5.69 Å². The fourth-order valence-electron chi connectivity index (χ4n) is 3.71. The second kappa shape index (κ2) is 5.09. The molecule has 0 spiro atoms. The Morgan fingerprint density at radius 3 is 2.80 bits per heavy atom. The van der Waals surface area contributed by atoms with Gasteiger partial charge in [-0.05, 0) is 38.5 Å². The van der Waals surface area contributed by atoms with Crippen LogP contribution in [0.3, 0.4) is 0 Å². The number of aromatic nitrogens is 1. The van der Waals surface area contributed by atoms with Gasteiger partial charge >= 0.3 is 12.0 Å². The highest BCUT2D eigenvalue weighted by Gasteiger charge is 2.52. The lowest BCUT2D eigenvalue weighted by molar-refractivity contribution is 0.00369. The van der Waals surface area contributed by atoms with Gasteiger partial charge < -0.3 is 14.8 Å². The van der Waals surface area contributed by atoms with Crippen LogP contribution in [0.2, 0.25) is 0 Å². The van der Waals surface area contributed by atoms with E-state index in [4.69, 9.17) is 4.42 Å². The number of aliphatic hydroxyl groups excluding tert-OH is 1. The first-order chi connectivity index (χ1) is 9.60. The summed E-state index contributed by atoms with van der Waals surface area (Å²) in [5.41, 5.74) is 0.771. The Balaban J connectivity index is 1.58. The average Bonchev–Trinajstić information content (AvgIpc) is 2.93. The van der Waals surface area contributed by atoms with Crippen LogP contribution in [0.15, 0.2) is 4.42 Å². The van der Waals surface area contributed by atoms with E-state index >= 15 is 0 Å². The molecular weight excluding hydrogens is 258 g/mol. The maximum atomic E-state index is 12.0. The van der Waals surface area contributed by atoms with Crippen molar-refractivity contribution in [2.24, 2.45) is 17.8 Å². The normalized spacial score (nSPS) is 31.6. The molecule has 1 heterocycles. The number of nitrogens with zero attached hydrogens (tertiary/aromatic N) is 1. The highest BCUT2D eigenvalue weighted by Crippen LogP contribution is 2.50. The Labute approximate surface area is 118 Å². The zero-order valence-corrected chi connectivity index (χ0v) is 11.8. The van der Waals surface area contributed by atoms with Crippen molar-refractivity contribution in [2.45, 2.75) is 39.2 Å². The van der Waals surface area contributed by atoms with Crippen molar-refractivity contribution in [2.75, 3.05) is 11.9 Å². The van der Waals surface area contributed by atoms with Crippen molar-refractivity contribution in [3.63, 3.8) is 0 Å². The first kappa shape index (κ1) is 13.4. The molecule has 0 bridgehead atoms. The molecule has 4 atom stereocenters. The molecule has 6 heteroatoms. The van der Waals surface area contributed by atoms with Crippen LogP contribution in [0, 0.1) is 31.6 Å². The summed E-state index contributed by atoms with van der Waals surface area (Å²) in [6, 6.07) is -0.00921. The molecule has 2 amide bonds. The van der Waals surface area contributed by atoms with E-state index in [2.05, 4.69) is 15.6 Å². The third kappa shape index (κ3) is 2.18. The van der Waals surface area contributed by atoms with Crippen molar-refractivity contribution >= 4 is 12.0 Å². The van der Waals surface area contributed by atoms with Crippen molar-refractivity contribution in [3.8, 4) is 0 Å². The molecule has 0 aliphatic heterocycles. The number of aryl methyl sites for hydroxylation is 2. The van der Waals surface area contributed by atoms with E-state index in [9.17, 15) is 9.90 Å². The molecule has 0 radical (unpaired) electrons. The van der Waals surface area contributed by atoms with E-state index in [0.717, 1.165) is 12.1 Å². The second-order valence-electron chi connectivity index (χ2n) is 5.89. The Kier molecular flexibility index (Phi) is 3.41. The van der Waals surface area contributed by atoms with Crippen molar-refractivity contribution in [1.82, 2.24) is 10.3 Å². The summed E-state index contributed by atoms with van der Waals surface area (Å²) in [5, 5.41) is 15.0. The summed E-state index contributed by atoms with van der Waals surface area (Å²) in [5.74, 6) is 2.00. The number of rotatable bonds is 3. The summed E-state index contributed by atoms with van der Waals surface area (Å²) in [6.45, 7) is 3.78. The van der Waals surface area contributed by atoms with Gasteiger partial charge in [-0.2, -0.15) is 4.98 Å². The monoisotopic (exact) mass is 279 g/mol. The van der Waals surface area contributed by atoms with Gasteiger partial charge in [-0.3, -0.25) is 5.32 Å². The molecule has 3 rings (SSSR count). The van der Waals surface area contributed by atoms with Gasteiger partial charge in [0, 0.05) is 18.6 Å². The minimum absolute atomic E-state index is 0.0738. The highest BCUT2D eigenvalue weighted by atomic mass is 16.4. The zero-order valence-electron chi connectivity index (χ0n) is 11.8. The number of aliphatic hydroxyl groups is 1. The molecule has 2 saturated carbocycles. The number of carbonyl (C=O) groups is 1. The van der Waals surface area contributed by atoms with Crippen LogP contribution < -0.4 is 10.6 Å². The highest BCUT2D eigenvalue weighted by molar-refractivity contribution is 5.87. The van der Waals surface area contributed by atoms with E-state index in [1.54, 1.807) is 0 Å². The lowest BCUT2D eigenvalue weighted by Gasteiger charge is -2.48. The van der Waals surface area contributed by atoms with Crippen LogP contribution in [0.4, 0.5) is 10.8 Å². The quantitative estimate of drug-likeness (QED) is 0.787. The van der Waals surface area contributed by atoms with Crippen molar-refractivity contribution in [3.05, 3.63) is 11.5 Å². The van der Waals surface area contributed by atoms with E-state index in [1.165, 1.54) is 12.8 Å². The third-order valence-electron chi connectivity index (χ3n) is 4.85. The summed E-state index contributed by atoms with van der Waals surface area (Å²) < 4.78 is 5.33. The summed E-state index contributed by atoms with van der Waals surface area (Å²) in [4.78, 5) is 16.1. The summed E-state index contributed by atoms with van der Waals surface area (Å²) in [7, 11) is 0. The smallest absolute Gasteiger partial charge is 0.323 e. The molecule has 2 aliphatic carbocycles. The van der Waals surface area contributed by atoms with Gasteiger partial charge in [-0.15, -0.1) is 0 Å². The number of hydrogen-bond acceptors (Lipinski definition) is 4. The lowest BCUT2D eigenvalue weighted by atomic mass is 9.62. The van der Waals surface area contributed by atoms with Gasteiger partial charge in [0.15, 0.2) is 0 Å². The molecule has 2 fully saturated rings. The second-order valence-corrected chi connectivity index (χ2v) is 5.89. The van der Waals surface area contributed by atoms with Crippen LogP contribution in [0.25, 0.3) is 0 Å². The fraction of sp³-hybridized carbons (Fsp3) is 0.714. The Morgan fingerprint density at radius 1 is 1.40 bits per heavy atom. The molecule has 6 nitrogen and oxygen atoms in total. The molecule has 1 aromatic rings. The molecule has 0 aromatic carbocycles. The van der Waals surface area contributed by atoms with E-state index in [1.807, 2.05) is 13.8 Å². The summed E-state index contributed by atoms with van der Waals surface area (Å²) in [6.07, 6.45) is 3.51. The minimum atomic E-state index is -0.306. The van der Waals surface area contributed by atoms with Crippen LogP contribution in [-0.4, -0.2) is 28.8 Å². The van der Waals surface area contributed by atoms with Crippen molar-refractivity contribution < 1.29 is 14.3 Å². The first-order valence-electron chi connectivity index (χ1n) is 7.22. The molecule has 0 unspecified atom stereocenters. The minimum Gasteiger partial charge on any atom is -0.428 e. The van der Waals surface area contributed by atoms with E-state index < -0.39 is 0 Å². The number of nitrogens with one attached hydrogen (secondary N) is 2. The zero-order chi connectivity index (χ0) is 14.3. The van der Waals surface area contributed by atoms with Crippen LogP contribution in [-0.2, 0) is 0 Å². The number of hydrogen-bond donors (Lipinski definition) is 3. The largest absolute Gasteiger partial charge is 0.428 e. The number of fused-ring (bicyclic) bond motifs is 1. The standard InChI is InChI=1S/C14H21N3O3/c1-7-8(2)20-14(15-7)17-13(19)16-12-10-5-3-4-9(10)11(12)6-18/h9-12,18H,3-6H2,1-2H3,(H2,15,16,17,19)/t9-,10+,11-,12-/m0/s1. The van der Waals surface area contributed by atoms with Gasteiger partial charge in [-0.25, -0.2) is 4.79 Å². The molecule has 1 aromatic heterocycles. The number of urea groups is 1. The SMILES string of the molecule is Cc1nc(NC(=O)N[C@H]2[C@@H]3CCC[C@@H]3[C@@H]2CO)oc1C. The van der Waals surface area contributed by atoms with E-state index in [0.29, 0.717) is 17.6 Å². The lowest BCUT2D eigenvalue weighted by Crippen LogP contribution is -2.59. The van der Waals surface area contributed by atoms with Crippen molar-refractivity contribution in [1.29, 1.82) is 0 Å². The predicted molar refractivity (Wildman–Crippen MR) is 73.3 cm³/mol. The number of carbonyl (C=O) groups excluding carboxylic acids is 1. The predicted octanol–water partition coefficient (Wildman–Crippen LogP) is 1.82. The molecular formula is C14H21N3O3. The van der Waals surface area contributed by atoms with Gasteiger partial charge in [0.2, 0.25) is 0 Å². The van der Waals surface area contributed by atoms with Crippen LogP contribution in [0.1, 0.15) is 30.7 Å². The molecule has 110 valence electrons.